The molecule has 0 saturated carbocycles. The fraction of sp³-hybridized carbons (Fsp3) is 0.483. The summed E-state index contributed by atoms with van der Waals surface area (Å²) in [4.78, 5) is 40.2. The summed E-state index contributed by atoms with van der Waals surface area (Å²) in [6.45, 7) is 2.22. The largest absolute Gasteiger partial charge is 0.508 e. The van der Waals surface area contributed by atoms with Gasteiger partial charge in [0.1, 0.15) is 5.75 Å². The highest BCUT2D eigenvalue weighted by molar-refractivity contribution is 5.91. The molecule has 6 nitrogen and oxygen atoms in total. The van der Waals surface area contributed by atoms with Gasteiger partial charge < -0.3 is 15.7 Å². The van der Waals surface area contributed by atoms with Crippen LogP contribution in [0.15, 0.2) is 54.6 Å². The summed E-state index contributed by atoms with van der Waals surface area (Å²) in [5, 5.41) is 9.45. The second-order valence-electron chi connectivity index (χ2n) is 9.43. The zero-order valence-electron chi connectivity index (χ0n) is 21.1. The molecule has 0 radical (unpaired) electrons. The highest BCUT2D eigenvalue weighted by Gasteiger charge is 2.28. The number of hydrogen-bond acceptors (Lipinski definition) is 5. The summed E-state index contributed by atoms with van der Waals surface area (Å²) in [6, 6.07) is 15.4. The van der Waals surface area contributed by atoms with Crippen LogP contribution in [-0.2, 0) is 27.2 Å². The lowest BCUT2D eigenvalue weighted by atomic mass is 9.89. The molecule has 6 heteroatoms. The molecule has 0 bridgehead atoms. The minimum atomic E-state index is -0.749. The van der Waals surface area contributed by atoms with Crippen LogP contribution in [0.5, 0.6) is 5.75 Å². The van der Waals surface area contributed by atoms with Crippen molar-refractivity contribution in [3.63, 3.8) is 0 Å². The van der Waals surface area contributed by atoms with Crippen molar-refractivity contribution in [1.29, 1.82) is 0 Å². The second-order valence-corrected chi connectivity index (χ2v) is 9.43. The maximum absolute atomic E-state index is 13.3. The Balaban J connectivity index is 2.00. The second kappa shape index (κ2) is 15.1. The van der Waals surface area contributed by atoms with Crippen molar-refractivity contribution < 1.29 is 19.5 Å². The molecule has 0 saturated heterocycles. The number of Topliss-reactive ketones (excluding diaryl/α,β-unsaturated/α-hetero) is 2. The van der Waals surface area contributed by atoms with Gasteiger partial charge in [0.25, 0.3) is 0 Å². The summed E-state index contributed by atoms with van der Waals surface area (Å²) in [5.41, 5.74) is 7.99. The first kappa shape index (κ1) is 28.2. The van der Waals surface area contributed by atoms with Gasteiger partial charge >= 0.3 is 0 Å². The number of amides is 1. The number of phenolic OH excluding ortho intramolecular Hbond substituents is 1. The SMILES string of the molecule is CCCCCCCC(=O)CN(C)C(=O)[C@H](CC(=O)[C@@H](N)Cc1ccc(O)cc1)Cc1ccccc1. The lowest BCUT2D eigenvalue weighted by Gasteiger charge is -2.24. The van der Waals surface area contributed by atoms with Crippen molar-refractivity contribution in [2.24, 2.45) is 11.7 Å². The Hall–Kier alpha value is -2.99. The quantitative estimate of drug-likeness (QED) is 0.345. The predicted octanol–water partition coefficient (Wildman–Crippen LogP) is 4.47. The predicted molar refractivity (Wildman–Crippen MR) is 139 cm³/mol. The van der Waals surface area contributed by atoms with E-state index in [1.54, 1.807) is 31.3 Å². The Labute approximate surface area is 209 Å². The van der Waals surface area contributed by atoms with Crippen molar-refractivity contribution in [2.75, 3.05) is 13.6 Å². The van der Waals surface area contributed by atoms with Crippen molar-refractivity contribution in [1.82, 2.24) is 4.90 Å². The third-order valence-electron chi connectivity index (χ3n) is 6.28. The van der Waals surface area contributed by atoms with E-state index < -0.39 is 12.0 Å². The maximum atomic E-state index is 13.3. The Bertz CT molecular complexity index is 927. The third-order valence-corrected chi connectivity index (χ3v) is 6.28. The molecule has 2 atom stereocenters. The van der Waals surface area contributed by atoms with Crippen LogP contribution < -0.4 is 5.73 Å². The van der Waals surface area contributed by atoms with Gasteiger partial charge in [-0.05, 0) is 42.5 Å². The highest BCUT2D eigenvalue weighted by atomic mass is 16.3. The Morgan fingerprint density at radius 1 is 0.886 bits per heavy atom. The Kier molecular flexibility index (Phi) is 12.2. The molecule has 0 spiro atoms. The first-order chi connectivity index (χ1) is 16.8. The lowest BCUT2D eigenvalue weighted by molar-refractivity contribution is -0.139. The fourth-order valence-electron chi connectivity index (χ4n) is 4.20. The van der Waals surface area contributed by atoms with Crippen LogP contribution in [0.1, 0.15) is 63.0 Å². The standard InChI is InChI=1S/C29H40N2O4/c1-3-4-5-6-10-13-26(33)21-31(2)29(35)24(18-22-11-8-7-9-12-22)20-28(34)27(30)19-23-14-16-25(32)17-15-23/h7-9,11-12,14-17,24,27,32H,3-6,10,13,18-21,30H2,1-2H3/t24-,27-/m0/s1. The number of likely N-dealkylation sites (N-methyl/N-ethyl adjacent to an activating group) is 1. The van der Waals surface area contributed by atoms with Crippen LogP contribution >= 0.6 is 0 Å². The molecule has 190 valence electrons. The zero-order valence-corrected chi connectivity index (χ0v) is 21.1. The van der Waals surface area contributed by atoms with Crippen LogP contribution in [0.3, 0.4) is 0 Å². The number of ketones is 2. The molecule has 0 fully saturated rings. The summed E-state index contributed by atoms with van der Waals surface area (Å²) < 4.78 is 0. The van der Waals surface area contributed by atoms with Crippen LogP contribution in [0, 0.1) is 5.92 Å². The van der Waals surface area contributed by atoms with Gasteiger partial charge in [-0.1, -0.05) is 75.1 Å². The fourth-order valence-corrected chi connectivity index (χ4v) is 4.20. The van der Waals surface area contributed by atoms with Crippen molar-refractivity contribution in [3.05, 3.63) is 65.7 Å². The molecule has 0 aliphatic heterocycles. The molecule has 2 aromatic rings. The minimum absolute atomic E-state index is 0.0164. The van der Waals surface area contributed by atoms with Crippen LogP contribution in [0.4, 0.5) is 0 Å². The van der Waals surface area contributed by atoms with Crippen LogP contribution in [-0.4, -0.2) is 47.1 Å². The van der Waals surface area contributed by atoms with E-state index in [9.17, 15) is 19.5 Å². The average Bonchev–Trinajstić information content (AvgIpc) is 2.85. The van der Waals surface area contributed by atoms with E-state index in [2.05, 4.69) is 6.92 Å². The first-order valence-electron chi connectivity index (χ1n) is 12.7. The van der Waals surface area contributed by atoms with Gasteiger partial charge in [-0.2, -0.15) is 0 Å². The molecular formula is C29H40N2O4. The summed E-state index contributed by atoms with van der Waals surface area (Å²) >= 11 is 0. The van der Waals surface area contributed by atoms with E-state index in [0.29, 0.717) is 19.3 Å². The number of unbranched alkanes of at least 4 members (excludes halogenated alkanes) is 4. The number of benzene rings is 2. The molecule has 2 rings (SSSR count). The van der Waals surface area contributed by atoms with Gasteiger partial charge in [0.15, 0.2) is 11.6 Å². The lowest BCUT2D eigenvalue weighted by Crippen LogP contribution is -2.41. The molecule has 0 aliphatic carbocycles. The van der Waals surface area contributed by atoms with Gasteiger partial charge in [-0.15, -0.1) is 0 Å². The number of hydrogen-bond donors (Lipinski definition) is 2. The van der Waals surface area contributed by atoms with Crippen molar-refractivity contribution in [3.8, 4) is 5.75 Å². The molecular weight excluding hydrogens is 440 g/mol. The summed E-state index contributed by atoms with van der Waals surface area (Å²) in [5.74, 6) is -0.786. The molecule has 3 N–H and O–H groups in total. The minimum Gasteiger partial charge on any atom is -0.508 e. The Morgan fingerprint density at radius 2 is 1.51 bits per heavy atom. The zero-order chi connectivity index (χ0) is 25.6. The van der Waals surface area contributed by atoms with Gasteiger partial charge in [0.05, 0.1) is 12.6 Å². The van der Waals surface area contributed by atoms with Gasteiger partial charge in [-0.25, -0.2) is 0 Å². The van der Waals surface area contributed by atoms with Crippen LogP contribution in [0.25, 0.3) is 0 Å². The van der Waals surface area contributed by atoms with Crippen molar-refractivity contribution >= 4 is 17.5 Å². The third kappa shape index (κ3) is 10.4. The van der Waals surface area contributed by atoms with Gasteiger partial charge in [0, 0.05) is 25.8 Å². The number of nitrogens with zero attached hydrogens (tertiary/aromatic N) is 1. The monoisotopic (exact) mass is 480 g/mol. The molecule has 0 aliphatic rings. The molecule has 0 unspecified atom stereocenters. The number of carbonyl (C=O) groups excluding carboxylic acids is 3. The van der Waals surface area contributed by atoms with Crippen LogP contribution in [0.2, 0.25) is 0 Å². The highest BCUT2D eigenvalue weighted by Crippen LogP contribution is 2.18. The van der Waals surface area contributed by atoms with E-state index >= 15 is 0 Å². The van der Waals surface area contributed by atoms with E-state index in [1.807, 2.05) is 30.3 Å². The van der Waals surface area contributed by atoms with Gasteiger partial charge in [0.2, 0.25) is 5.91 Å². The summed E-state index contributed by atoms with van der Waals surface area (Å²) in [6.07, 6.45) is 6.57. The van der Waals surface area contributed by atoms with E-state index in [4.69, 9.17) is 5.73 Å². The average molecular weight is 481 g/mol. The number of phenols is 1. The number of aromatic hydroxyl groups is 1. The normalized spacial score (nSPS) is 12.7. The van der Waals surface area contributed by atoms with Crippen molar-refractivity contribution in [2.45, 2.75) is 70.8 Å². The van der Waals surface area contributed by atoms with Gasteiger partial charge in [-0.3, -0.25) is 14.4 Å². The molecule has 35 heavy (non-hydrogen) atoms. The maximum Gasteiger partial charge on any atom is 0.226 e. The molecule has 1 amide bonds. The molecule has 0 aromatic heterocycles. The summed E-state index contributed by atoms with van der Waals surface area (Å²) in [7, 11) is 1.64. The number of nitrogens with two attached hydrogens (primary N) is 1. The molecule has 2 aromatic carbocycles. The van der Waals surface area contributed by atoms with E-state index in [-0.39, 0.29) is 36.2 Å². The van der Waals surface area contributed by atoms with E-state index in [1.165, 1.54) is 11.3 Å². The molecule has 0 heterocycles. The Morgan fingerprint density at radius 3 is 2.17 bits per heavy atom. The number of carbonyl (C=O) groups is 3. The smallest absolute Gasteiger partial charge is 0.226 e. The topological polar surface area (TPSA) is 101 Å². The number of rotatable bonds is 16. The first-order valence-corrected chi connectivity index (χ1v) is 12.7. The van der Waals surface area contributed by atoms with E-state index in [0.717, 1.165) is 36.8 Å².